The van der Waals surface area contributed by atoms with Gasteiger partial charge < -0.3 is 10.2 Å². The maximum Gasteiger partial charge on any atom is 0.138 e. The van der Waals surface area contributed by atoms with Crippen LogP contribution >= 0.6 is 0 Å². The van der Waals surface area contributed by atoms with Gasteiger partial charge in [0.1, 0.15) is 12.2 Å². The van der Waals surface area contributed by atoms with E-state index in [4.69, 9.17) is 0 Å². The number of aliphatic hydroxyl groups is 2. The zero-order valence-electron chi connectivity index (χ0n) is 10.9. The fraction of sp³-hybridized carbons (Fsp3) is 0.833. The molecule has 0 aliphatic heterocycles. The van der Waals surface area contributed by atoms with Crippen LogP contribution in [0.1, 0.15) is 33.0 Å². The SMILES string of the molecule is CCC(CO)(CO)Cc1ncnn1CC(C)C. The molecule has 98 valence electrons. The van der Waals surface area contributed by atoms with Gasteiger partial charge in [0.2, 0.25) is 0 Å². The maximum absolute atomic E-state index is 9.43. The summed E-state index contributed by atoms with van der Waals surface area (Å²) in [4.78, 5) is 4.23. The van der Waals surface area contributed by atoms with Gasteiger partial charge in [-0.05, 0) is 12.3 Å². The quantitative estimate of drug-likeness (QED) is 0.742. The first kappa shape index (κ1) is 14.1. The van der Waals surface area contributed by atoms with Gasteiger partial charge in [-0.25, -0.2) is 9.67 Å². The molecule has 0 spiro atoms. The van der Waals surface area contributed by atoms with Gasteiger partial charge in [-0.2, -0.15) is 5.10 Å². The number of hydrogen-bond donors (Lipinski definition) is 2. The third-order valence-electron chi connectivity index (χ3n) is 3.19. The van der Waals surface area contributed by atoms with E-state index < -0.39 is 5.41 Å². The van der Waals surface area contributed by atoms with E-state index in [0.29, 0.717) is 18.8 Å². The number of rotatable bonds is 7. The number of hydrogen-bond acceptors (Lipinski definition) is 4. The van der Waals surface area contributed by atoms with Crippen molar-refractivity contribution in [2.24, 2.45) is 11.3 Å². The first-order chi connectivity index (χ1) is 8.06. The lowest BCUT2D eigenvalue weighted by atomic mass is 9.83. The second-order valence-corrected chi connectivity index (χ2v) is 5.10. The molecule has 0 aliphatic rings. The average molecular weight is 241 g/mol. The van der Waals surface area contributed by atoms with Crippen molar-refractivity contribution in [2.75, 3.05) is 13.2 Å². The Bertz CT molecular complexity index is 324. The molecule has 1 aromatic heterocycles. The molecule has 1 heterocycles. The van der Waals surface area contributed by atoms with Crippen molar-refractivity contribution in [3.63, 3.8) is 0 Å². The topological polar surface area (TPSA) is 71.2 Å². The molecular weight excluding hydrogens is 218 g/mol. The van der Waals surface area contributed by atoms with Crippen LogP contribution in [-0.2, 0) is 13.0 Å². The van der Waals surface area contributed by atoms with Gasteiger partial charge >= 0.3 is 0 Å². The number of aliphatic hydroxyl groups excluding tert-OH is 2. The maximum atomic E-state index is 9.43. The van der Waals surface area contributed by atoms with Gasteiger partial charge in [0.25, 0.3) is 0 Å². The van der Waals surface area contributed by atoms with Gasteiger partial charge in [0.15, 0.2) is 0 Å². The Kier molecular flexibility index (Phi) is 5.08. The lowest BCUT2D eigenvalue weighted by molar-refractivity contribution is 0.0487. The van der Waals surface area contributed by atoms with Crippen LogP contribution in [0.25, 0.3) is 0 Å². The van der Waals surface area contributed by atoms with Crippen molar-refractivity contribution in [1.82, 2.24) is 14.8 Å². The van der Waals surface area contributed by atoms with Crippen LogP contribution in [0.15, 0.2) is 6.33 Å². The first-order valence-corrected chi connectivity index (χ1v) is 6.15. The summed E-state index contributed by atoms with van der Waals surface area (Å²) < 4.78 is 1.86. The summed E-state index contributed by atoms with van der Waals surface area (Å²) in [6.45, 7) is 6.96. The fourth-order valence-corrected chi connectivity index (χ4v) is 1.77. The normalized spacial score (nSPS) is 12.4. The minimum atomic E-state index is -0.484. The molecule has 0 saturated carbocycles. The van der Waals surface area contributed by atoms with E-state index >= 15 is 0 Å². The molecule has 1 aromatic rings. The summed E-state index contributed by atoms with van der Waals surface area (Å²) >= 11 is 0. The second kappa shape index (κ2) is 6.12. The van der Waals surface area contributed by atoms with Crippen LogP contribution in [0, 0.1) is 11.3 Å². The second-order valence-electron chi connectivity index (χ2n) is 5.10. The Balaban J connectivity index is 2.82. The van der Waals surface area contributed by atoms with Crippen molar-refractivity contribution in [1.29, 1.82) is 0 Å². The summed E-state index contributed by atoms with van der Waals surface area (Å²) in [5.41, 5.74) is -0.484. The van der Waals surface area contributed by atoms with Gasteiger partial charge in [-0.1, -0.05) is 20.8 Å². The van der Waals surface area contributed by atoms with E-state index in [9.17, 15) is 10.2 Å². The molecule has 1 rings (SSSR count). The van der Waals surface area contributed by atoms with E-state index in [1.165, 1.54) is 6.33 Å². The van der Waals surface area contributed by atoms with Crippen LogP contribution in [-0.4, -0.2) is 38.2 Å². The van der Waals surface area contributed by atoms with Gasteiger partial charge in [0, 0.05) is 18.4 Å². The number of nitrogens with zero attached hydrogens (tertiary/aromatic N) is 3. The lowest BCUT2D eigenvalue weighted by Gasteiger charge is -2.27. The minimum Gasteiger partial charge on any atom is -0.396 e. The smallest absolute Gasteiger partial charge is 0.138 e. The Labute approximate surface area is 102 Å². The largest absolute Gasteiger partial charge is 0.396 e. The molecule has 0 aromatic carbocycles. The summed E-state index contributed by atoms with van der Waals surface area (Å²) in [6, 6.07) is 0. The van der Waals surface area contributed by atoms with Crippen LogP contribution in [0.3, 0.4) is 0 Å². The molecule has 0 amide bonds. The summed E-state index contributed by atoms with van der Waals surface area (Å²) in [5, 5.41) is 23.0. The molecule has 0 atom stereocenters. The van der Waals surface area contributed by atoms with Crippen molar-refractivity contribution in [2.45, 2.75) is 40.2 Å². The Morgan fingerprint density at radius 3 is 2.47 bits per heavy atom. The van der Waals surface area contributed by atoms with Crippen LogP contribution in [0.2, 0.25) is 0 Å². The lowest BCUT2D eigenvalue weighted by Crippen LogP contribution is -2.33. The van der Waals surface area contributed by atoms with Crippen LogP contribution < -0.4 is 0 Å². The molecule has 5 nitrogen and oxygen atoms in total. The molecule has 0 fully saturated rings. The molecule has 0 unspecified atom stereocenters. The van der Waals surface area contributed by atoms with Crippen molar-refractivity contribution < 1.29 is 10.2 Å². The highest BCUT2D eigenvalue weighted by Crippen LogP contribution is 2.25. The molecule has 2 N–H and O–H groups in total. The highest BCUT2D eigenvalue weighted by atomic mass is 16.3. The van der Waals surface area contributed by atoms with E-state index in [0.717, 1.165) is 12.4 Å². The molecule has 0 aliphatic carbocycles. The minimum absolute atomic E-state index is 0.0332. The monoisotopic (exact) mass is 241 g/mol. The third-order valence-corrected chi connectivity index (χ3v) is 3.19. The van der Waals surface area contributed by atoms with Crippen molar-refractivity contribution in [3.05, 3.63) is 12.2 Å². The van der Waals surface area contributed by atoms with Crippen molar-refractivity contribution in [3.8, 4) is 0 Å². The average Bonchev–Trinajstić information content (AvgIpc) is 2.72. The fourth-order valence-electron chi connectivity index (χ4n) is 1.77. The third kappa shape index (κ3) is 3.51. The van der Waals surface area contributed by atoms with Crippen molar-refractivity contribution >= 4 is 0 Å². The molecule has 0 radical (unpaired) electrons. The van der Waals surface area contributed by atoms with E-state index in [1.54, 1.807) is 0 Å². The Morgan fingerprint density at radius 2 is 2.00 bits per heavy atom. The predicted octanol–water partition coefficient (Wildman–Crippen LogP) is 0.858. The van der Waals surface area contributed by atoms with Crippen LogP contribution in [0.5, 0.6) is 0 Å². The summed E-state index contributed by atoms with van der Waals surface area (Å²) in [5.74, 6) is 1.33. The van der Waals surface area contributed by atoms with Gasteiger partial charge in [-0.15, -0.1) is 0 Å². The van der Waals surface area contributed by atoms with Crippen LogP contribution in [0.4, 0.5) is 0 Å². The predicted molar refractivity (Wildman–Crippen MR) is 65.5 cm³/mol. The first-order valence-electron chi connectivity index (χ1n) is 6.15. The van der Waals surface area contributed by atoms with E-state index in [1.807, 2.05) is 11.6 Å². The molecule has 0 saturated heterocycles. The number of aromatic nitrogens is 3. The molecule has 5 heteroatoms. The van der Waals surface area contributed by atoms with E-state index in [-0.39, 0.29) is 13.2 Å². The summed E-state index contributed by atoms with van der Waals surface area (Å²) in [7, 11) is 0. The van der Waals surface area contributed by atoms with E-state index in [2.05, 4.69) is 23.9 Å². The van der Waals surface area contributed by atoms with Gasteiger partial charge in [-0.3, -0.25) is 0 Å². The van der Waals surface area contributed by atoms with Gasteiger partial charge in [0.05, 0.1) is 13.2 Å². The highest BCUT2D eigenvalue weighted by molar-refractivity contribution is 4.93. The Hall–Kier alpha value is -0.940. The molecular formula is C12H23N3O2. The standard InChI is InChI=1S/C12H23N3O2/c1-4-12(7-16,8-17)5-11-13-9-14-15(11)6-10(2)3/h9-10,16-17H,4-8H2,1-3H3. The molecule has 17 heavy (non-hydrogen) atoms. The molecule has 0 bridgehead atoms. The Morgan fingerprint density at radius 1 is 1.35 bits per heavy atom. The highest BCUT2D eigenvalue weighted by Gasteiger charge is 2.29. The zero-order valence-corrected chi connectivity index (χ0v) is 10.9. The zero-order chi connectivity index (χ0) is 12.9. The summed E-state index contributed by atoms with van der Waals surface area (Å²) in [6.07, 6.45) is 2.81.